The molecule has 40 heavy (non-hydrogen) atoms. The van der Waals surface area contributed by atoms with Crippen molar-refractivity contribution in [2.45, 2.75) is 39.3 Å². The lowest BCUT2D eigenvalue weighted by Crippen LogP contribution is -2.48. The minimum absolute atomic E-state index is 0.102. The molecule has 10 nitrogen and oxygen atoms in total. The van der Waals surface area contributed by atoms with E-state index in [0.717, 1.165) is 22.4 Å². The number of amides is 4. The quantitative estimate of drug-likeness (QED) is 0.338. The van der Waals surface area contributed by atoms with Gasteiger partial charge in [0.25, 0.3) is 5.91 Å². The third kappa shape index (κ3) is 7.95. The number of nitrogens with one attached hydrogen (secondary N) is 1. The standard InChI is InChI=1S/C29H35IN4O6/c1-29(2,3)39-28(37)33-13-11-22(12-14-33)24-5-4-6-25(19-24)34(27(36)32-15-17-38-18-16-32)20-21-7-9-23(10-8-21)26(35)31-40-30/h4-11,19H,12-18,20H2,1-3H3,(H,31,35). The molecular formula is C29H35IN4O6. The van der Waals surface area contributed by atoms with Gasteiger partial charge in [-0.1, -0.05) is 30.3 Å². The van der Waals surface area contributed by atoms with Crippen molar-refractivity contribution in [2.75, 3.05) is 44.3 Å². The van der Waals surface area contributed by atoms with E-state index in [1.807, 2.05) is 63.2 Å². The lowest BCUT2D eigenvalue weighted by atomic mass is 9.99. The highest BCUT2D eigenvalue weighted by atomic mass is 127. The molecule has 1 saturated heterocycles. The number of benzene rings is 2. The first kappa shape index (κ1) is 29.8. The second kappa shape index (κ2) is 13.5. The van der Waals surface area contributed by atoms with Crippen molar-refractivity contribution in [2.24, 2.45) is 0 Å². The molecule has 0 radical (unpaired) electrons. The van der Waals surface area contributed by atoms with Gasteiger partial charge in [0.05, 0.1) is 19.8 Å². The van der Waals surface area contributed by atoms with E-state index in [1.54, 1.807) is 49.8 Å². The third-order valence-electron chi connectivity index (χ3n) is 6.59. The number of nitrogens with zero attached hydrogens (tertiary/aromatic N) is 3. The molecule has 0 aliphatic carbocycles. The summed E-state index contributed by atoms with van der Waals surface area (Å²) in [5.41, 5.74) is 5.98. The van der Waals surface area contributed by atoms with Crippen LogP contribution in [0.5, 0.6) is 0 Å². The van der Waals surface area contributed by atoms with Crippen molar-refractivity contribution in [3.8, 4) is 0 Å². The van der Waals surface area contributed by atoms with Gasteiger partial charge in [0.1, 0.15) is 28.6 Å². The number of anilines is 1. The van der Waals surface area contributed by atoms with Crippen LogP contribution in [-0.4, -0.2) is 72.8 Å². The van der Waals surface area contributed by atoms with Crippen LogP contribution < -0.4 is 10.4 Å². The molecule has 214 valence electrons. The smallest absolute Gasteiger partial charge is 0.410 e. The Morgan fingerprint density at radius 3 is 2.38 bits per heavy atom. The molecule has 0 atom stereocenters. The largest absolute Gasteiger partial charge is 0.444 e. The first-order chi connectivity index (χ1) is 19.1. The number of hydroxylamine groups is 1. The van der Waals surface area contributed by atoms with E-state index in [-0.39, 0.29) is 18.0 Å². The van der Waals surface area contributed by atoms with E-state index in [0.29, 0.717) is 57.9 Å². The van der Waals surface area contributed by atoms with E-state index in [9.17, 15) is 14.4 Å². The Balaban J connectivity index is 1.55. The number of hydrogen-bond donors (Lipinski definition) is 1. The zero-order valence-electron chi connectivity index (χ0n) is 23.0. The Kier molecular flexibility index (Phi) is 10.0. The van der Waals surface area contributed by atoms with Gasteiger partial charge >= 0.3 is 12.1 Å². The highest BCUT2D eigenvalue weighted by Crippen LogP contribution is 2.28. The van der Waals surface area contributed by atoms with Crippen LogP contribution >= 0.6 is 23.0 Å². The van der Waals surface area contributed by atoms with E-state index >= 15 is 0 Å². The summed E-state index contributed by atoms with van der Waals surface area (Å²) < 4.78 is 15.6. The summed E-state index contributed by atoms with van der Waals surface area (Å²) in [4.78, 5) is 43.5. The number of urea groups is 1. The SMILES string of the molecule is CC(C)(C)OC(=O)N1CC=C(c2cccc(N(Cc3ccc(C(=O)NOI)cc3)C(=O)N3CCOCC3)c2)CC1. The van der Waals surface area contributed by atoms with Gasteiger partial charge in [-0.05, 0) is 68.2 Å². The fraction of sp³-hybridized carbons (Fsp3) is 0.414. The Hall–Kier alpha value is -3.16. The number of halogens is 1. The van der Waals surface area contributed by atoms with Crippen molar-refractivity contribution in [1.82, 2.24) is 15.3 Å². The summed E-state index contributed by atoms with van der Waals surface area (Å²) in [6.45, 7) is 8.99. The van der Waals surface area contributed by atoms with Crippen molar-refractivity contribution < 1.29 is 27.0 Å². The summed E-state index contributed by atoms with van der Waals surface area (Å²) in [5, 5.41) is 0. The third-order valence-corrected chi connectivity index (χ3v) is 6.81. The van der Waals surface area contributed by atoms with Crippen LogP contribution in [0.1, 0.15) is 48.7 Å². The number of ether oxygens (including phenoxy) is 2. The number of carbonyl (C=O) groups excluding carboxylic acids is 3. The number of rotatable bonds is 6. The van der Waals surface area contributed by atoms with Crippen LogP contribution in [0, 0.1) is 0 Å². The normalized spacial score (nSPS) is 15.8. The molecule has 0 bridgehead atoms. The summed E-state index contributed by atoms with van der Waals surface area (Å²) in [5.74, 6) is -0.346. The molecule has 2 aromatic rings. The van der Waals surface area contributed by atoms with Crippen molar-refractivity contribution in [1.29, 1.82) is 0 Å². The molecule has 11 heteroatoms. The molecule has 2 aliphatic heterocycles. The predicted molar refractivity (Wildman–Crippen MR) is 160 cm³/mol. The molecule has 2 aromatic carbocycles. The molecule has 0 unspecified atom stereocenters. The van der Waals surface area contributed by atoms with E-state index < -0.39 is 5.60 Å². The van der Waals surface area contributed by atoms with Crippen LogP contribution in [0.15, 0.2) is 54.6 Å². The molecule has 2 heterocycles. The first-order valence-electron chi connectivity index (χ1n) is 13.2. The molecule has 1 fully saturated rings. The predicted octanol–water partition coefficient (Wildman–Crippen LogP) is 5.18. The Morgan fingerprint density at radius 2 is 1.75 bits per heavy atom. The lowest BCUT2D eigenvalue weighted by molar-refractivity contribution is 0.0270. The summed E-state index contributed by atoms with van der Waals surface area (Å²) >= 11 is 1.60. The Bertz CT molecular complexity index is 1240. The zero-order chi connectivity index (χ0) is 28.7. The second-order valence-corrected chi connectivity index (χ2v) is 11.1. The van der Waals surface area contributed by atoms with Crippen LogP contribution in [0.25, 0.3) is 5.57 Å². The van der Waals surface area contributed by atoms with Crippen LogP contribution in [0.3, 0.4) is 0 Å². The van der Waals surface area contributed by atoms with Crippen LogP contribution in [0.4, 0.5) is 15.3 Å². The highest BCUT2D eigenvalue weighted by Gasteiger charge is 2.26. The van der Waals surface area contributed by atoms with E-state index in [1.165, 1.54) is 0 Å². The van der Waals surface area contributed by atoms with Gasteiger partial charge in [-0.25, -0.2) is 18.2 Å². The topological polar surface area (TPSA) is 101 Å². The van der Waals surface area contributed by atoms with E-state index in [4.69, 9.17) is 9.47 Å². The molecule has 2 aliphatic rings. The van der Waals surface area contributed by atoms with Gasteiger partial charge in [-0.3, -0.25) is 9.69 Å². The number of carbonyl (C=O) groups is 3. The monoisotopic (exact) mass is 662 g/mol. The van der Waals surface area contributed by atoms with Gasteiger partial charge in [0, 0.05) is 37.4 Å². The Labute approximate surface area is 248 Å². The maximum atomic E-state index is 13.7. The minimum Gasteiger partial charge on any atom is -0.444 e. The molecule has 1 N–H and O–H groups in total. The van der Waals surface area contributed by atoms with Crippen molar-refractivity contribution >= 4 is 52.3 Å². The summed E-state index contributed by atoms with van der Waals surface area (Å²) in [6, 6.07) is 14.9. The molecule has 0 aromatic heterocycles. The first-order valence-corrected chi connectivity index (χ1v) is 14.1. The van der Waals surface area contributed by atoms with Crippen LogP contribution in [-0.2, 0) is 19.2 Å². The fourth-order valence-corrected chi connectivity index (χ4v) is 4.73. The van der Waals surface area contributed by atoms with Gasteiger partial charge in [0.2, 0.25) is 0 Å². The molecule has 0 saturated carbocycles. The highest BCUT2D eigenvalue weighted by molar-refractivity contribution is 14.1. The number of morpholine rings is 1. The fourth-order valence-electron chi connectivity index (χ4n) is 4.53. The molecule has 4 amide bonds. The summed E-state index contributed by atoms with van der Waals surface area (Å²) in [6.07, 6.45) is 2.42. The van der Waals surface area contributed by atoms with Crippen molar-refractivity contribution in [3.05, 3.63) is 71.3 Å². The minimum atomic E-state index is -0.539. The number of hydrogen-bond acceptors (Lipinski definition) is 6. The molecule has 0 spiro atoms. The maximum Gasteiger partial charge on any atom is 0.410 e. The van der Waals surface area contributed by atoms with Gasteiger partial charge in [-0.15, -0.1) is 0 Å². The Morgan fingerprint density at radius 1 is 1.02 bits per heavy atom. The lowest BCUT2D eigenvalue weighted by Gasteiger charge is -2.33. The average molecular weight is 663 g/mol. The van der Waals surface area contributed by atoms with E-state index in [2.05, 4.69) is 8.65 Å². The summed E-state index contributed by atoms with van der Waals surface area (Å²) in [7, 11) is 0. The zero-order valence-corrected chi connectivity index (χ0v) is 25.2. The average Bonchev–Trinajstić information content (AvgIpc) is 2.96. The molecule has 4 rings (SSSR count). The van der Waals surface area contributed by atoms with Gasteiger partial charge in [-0.2, -0.15) is 0 Å². The van der Waals surface area contributed by atoms with Crippen LogP contribution in [0.2, 0.25) is 0 Å². The second-order valence-electron chi connectivity index (χ2n) is 10.6. The maximum absolute atomic E-state index is 13.7. The van der Waals surface area contributed by atoms with Crippen molar-refractivity contribution in [3.63, 3.8) is 0 Å². The van der Waals surface area contributed by atoms with Gasteiger partial charge < -0.3 is 19.3 Å². The molecular weight excluding hydrogens is 627 g/mol. The van der Waals surface area contributed by atoms with Gasteiger partial charge in [0.15, 0.2) is 0 Å².